The molecule has 0 fully saturated rings. The molecule has 4 aromatic rings. The fourth-order valence-corrected chi connectivity index (χ4v) is 6.42. The fourth-order valence-electron chi connectivity index (χ4n) is 6.42. The van der Waals surface area contributed by atoms with Gasteiger partial charge in [-0.3, -0.25) is 19.5 Å². The number of nitrogens with two attached hydrogens (primary N) is 1. The van der Waals surface area contributed by atoms with Crippen molar-refractivity contribution in [2.45, 2.75) is 45.1 Å². The van der Waals surface area contributed by atoms with Gasteiger partial charge >= 0.3 is 5.97 Å². The summed E-state index contributed by atoms with van der Waals surface area (Å²) in [7, 11) is 2.87. The Morgan fingerprint density at radius 3 is 2.72 bits per heavy atom. The number of fused-ring (bicyclic) bond motifs is 5. The summed E-state index contributed by atoms with van der Waals surface area (Å²) in [4.78, 5) is 45.9. The summed E-state index contributed by atoms with van der Waals surface area (Å²) < 4.78 is 10.5. The maximum atomic E-state index is 14.0. The lowest BCUT2D eigenvalue weighted by Crippen LogP contribution is -2.38. The van der Waals surface area contributed by atoms with E-state index in [1.54, 1.807) is 35.2 Å². The average molecular weight is 634 g/mol. The molecule has 2 amide bonds. The second-order valence-corrected chi connectivity index (χ2v) is 11.9. The number of hydrogen-bond acceptors (Lipinski definition) is 9. The number of rotatable bonds is 5. The molecule has 12 nitrogen and oxygen atoms in total. The fraction of sp³-hybridized carbons (Fsp3) is 0.314. The van der Waals surface area contributed by atoms with Gasteiger partial charge in [-0.05, 0) is 60.2 Å². The first-order valence-corrected chi connectivity index (χ1v) is 15.5. The standard InChI is InChI=1S/C35H35N7O5/c1-19-5-4-6-28(42-12-11-21(17-30(42)43)32-22(18-36)8-10-25-33(32)40-41-34(25)37)27-15-23(16-29(38-27)46-2)24-9-7-20(14-31(44)47-3)13-26(24)39-35(19)45/h7-10,13,15-17,19,28H,4-6,11-12,14H2,1-3H3,(H,39,45)(H3,37,40,41)/t19-,28+/m1/s1. The molecule has 2 atom stereocenters. The number of ether oxygens (including phenoxy) is 2. The van der Waals surface area contributed by atoms with Crippen molar-refractivity contribution in [1.29, 1.82) is 5.26 Å². The Morgan fingerprint density at radius 1 is 1.15 bits per heavy atom. The molecule has 2 aliphatic heterocycles. The Balaban J connectivity index is 1.42. The molecule has 240 valence electrons. The smallest absolute Gasteiger partial charge is 0.309 e. The molecule has 0 radical (unpaired) electrons. The van der Waals surface area contributed by atoms with Crippen LogP contribution in [0.2, 0.25) is 0 Å². The van der Waals surface area contributed by atoms with Gasteiger partial charge < -0.3 is 25.4 Å². The molecular formula is C35H35N7O5. The Kier molecular flexibility index (Phi) is 8.63. The number of methoxy groups -OCH3 is 2. The summed E-state index contributed by atoms with van der Waals surface area (Å²) in [5.41, 5.74) is 11.8. The van der Waals surface area contributed by atoms with E-state index in [1.165, 1.54) is 14.2 Å². The number of benzene rings is 2. The number of hydrogen-bond donors (Lipinski definition) is 3. The van der Waals surface area contributed by atoms with Crippen LogP contribution in [-0.4, -0.2) is 58.6 Å². The molecule has 0 unspecified atom stereocenters. The Morgan fingerprint density at radius 2 is 1.98 bits per heavy atom. The van der Waals surface area contributed by atoms with E-state index >= 15 is 0 Å². The van der Waals surface area contributed by atoms with Crippen molar-refractivity contribution < 1.29 is 23.9 Å². The number of pyridine rings is 1. The molecular weight excluding hydrogens is 598 g/mol. The molecule has 0 spiro atoms. The molecule has 2 aromatic heterocycles. The number of aromatic nitrogens is 3. The highest BCUT2D eigenvalue weighted by molar-refractivity contribution is 6.04. The molecule has 12 heteroatoms. The third-order valence-corrected chi connectivity index (χ3v) is 8.95. The highest BCUT2D eigenvalue weighted by atomic mass is 16.5. The van der Waals surface area contributed by atoms with Crippen molar-refractivity contribution in [2.24, 2.45) is 5.92 Å². The van der Waals surface area contributed by atoms with Crippen LogP contribution in [0.5, 0.6) is 5.88 Å². The summed E-state index contributed by atoms with van der Waals surface area (Å²) in [6, 6.07) is 14.5. The number of carbonyl (C=O) groups is 3. The van der Waals surface area contributed by atoms with E-state index in [1.807, 2.05) is 25.1 Å². The van der Waals surface area contributed by atoms with E-state index in [2.05, 4.69) is 21.6 Å². The number of amides is 2. The summed E-state index contributed by atoms with van der Waals surface area (Å²) in [5, 5.41) is 20.7. The highest BCUT2D eigenvalue weighted by Crippen LogP contribution is 2.39. The number of nitrogens with zero attached hydrogens (tertiary/aromatic N) is 4. The lowest BCUT2D eigenvalue weighted by molar-refractivity contribution is -0.139. The predicted molar refractivity (Wildman–Crippen MR) is 176 cm³/mol. The van der Waals surface area contributed by atoms with Crippen LogP contribution in [0.1, 0.15) is 61.0 Å². The molecule has 0 aliphatic carbocycles. The first-order chi connectivity index (χ1) is 22.7. The van der Waals surface area contributed by atoms with Crippen LogP contribution < -0.4 is 15.8 Å². The van der Waals surface area contributed by atoms with Crippen molar-refractivity contribution in [3.8, 4) is 23.1 Å². The number of nitrogen functional groups attached to an aromatic ring is 1. The Bertz CT molecular complexity index is 1970. The second kappa shape index (κ2) is 13.0. The zero-order valence-corrected chi connectivity index (χ0v) is 26.4. The number of anilines is 2. The van der Waals surface area contributed by atoms with E-state index in [-0.39, 0.29) is 30.1 Å². The van der Waals surface area contributed by atoms with Gasteiger partial charge in [-0.1, -0.05) is 25.5 Å². The van der Waals surface area contributed by atoms with Crippen LogP contribution >= 0.6 is 0 Å². The lowest BCUT2D eigenvalue weighted by atomic mass is 9.90. The normalized spacial score (nSPS) is 18.3. The molecule has 0 saturated carbocycles. The Labute approximate surface area is 271 Å². The minimum absolute atomic E-state index is 0.0624. The van der Waals surface area contributed by atoms with Crippen molar-refractivity contribution >= 4 is 45.8 Å². The van der Waals surface area contributed by atoms with E-state index in [4.69, 9.17) is 20.2 Å². The van der Waals surface area contributed by atoms with Crippen molar-refractivity contribution in [3.05, 3.63) is 70.9 Å². The van der Waals surface area contributed by atoms with Gasteiger partial charge in [-0.15, -0.1) is 0 Å². The molecule has 47 heavy (non-hydrogen) atoms. The minimum atomic E-state index is -0.403. The molecule has 6 rings (SSSR count). The zero-order chi connectivity index (χ0) is 33.2. The van der Waals surface area contributed by atoms with Crippen LogP contribution in [0.3, 0.4) is 0 Å². The average Bonchev–Trinajstić information content (AvgIpc) is 3.45. The van der Waals surface area contributed by atoms with Crippen LogP contribution in [0.4, 0.5) is 11.5 Å². The maximum Gasteiger partial charge on any atom is 0.309 e. The van der Waals surface area contributed by atoms with Crippen molar-refractivity contribution in [1.82, 2.24) is 20.1 Å². The van der Waals surface area contributed by atoms with Crippen molar-refractivity contribution in [3.63, 3.8) is 0 Å². The van der Waals surface area contributed by atoms with Gasteiger partial charge in [0.1, 0.15) is 0 Å². The first kappa shape index (κ1) is 31.3. The Hall–Kier alpha value is -5.70. The van der Waals surface area contributed by atoms with Crippen molar-refractivity contribution in [2.75, 3.05) is 31.8 Å². The summed E-state index contributed by atoms with van der Waals surface area (Å²) in [6.07, 6.45) is 3.97. The van der Waals surface area contributed by atoms with Gasteiger partial charge in [0.2, 0.25) is 17.7 Å². The second-order valence-electron chi connectivity index (χ2n) is 11.9. The molecule has 2 bridgehead atoms. The van der Waals surface area contributed by atoms with Crippen LogP contribution in [0.15, 0.2) is 48.5 Å². The third kappa shape index (κ3) is 6.12. The minimum Gasteiger partial charge on any atom is -0.481 e. The molecule has 0 saturated heterocycles. The van der Waals surface area contributed by atoms with Gasteiger partial charge in [-0.25, -0.2) is 4.98 Å². The number of carbonyl (C=O) groups excluding carboxylic acids is 3. The largest absolute Gasteiger partial charge is 0.481 e. The highest BCUT2D eigenvalue weighted by Gasteiger charge is 2.31. The van der Waals surface area contributed by atoms with E-state index in [9.17, 15) is 19.6 Å². The first-order valence-electron chi connectivity index (χ1n) is 15.5. The van der Waals surface area contributed by atoms with Crippen LogP contribution in [0, 0.1) is 17.2 Å². The van der Waals surface area contributed by atoms with Gasteiger partial charge in [0.15, 0.2) is 5.82 Å². The summed E-state index contributed by atoms with van der Waals surface area (Å²) >= 11 is 0. The summed E-state index contributed by atoms with van der Waals surface area (Å²) in [5.74, 6) is -0.335. The van der Waals surface area contributed by atoms with Gasteiger partial charge in [0.25, 0.3) is 0 Å². The van der Waals surface area contributed by atoms with Crippen LogP contribution in [-0.2, 0) is 25.5 Å². The molecule has 2 aliphatic rings. The van der Waals surface area contributed by atoms with Gasteiger partial charge in [0, 0.05) is 46.8 Å². The lowest BCUT2D eigenvalue weighted by Gasteiger charge is -2.35. The number of nitriles is 1. The molecule has 4 N–H and O–H groups in total. The number of nitrogens with one attached hydrogen (secondary N) is 2. The number of aromatic amines is 1. The third-order valence-electron chi connectivity index (χ3n) is 8.95. The van der Waals surface area contributed by atoms with E-state index in [0.29, 0.717) is 82.9 Å². The van der Waals surface area contributed by atoms with Gasteiger partial charge in [0.05, 0.1) is 49.5 Å². The quantitative estimate of drug-likeness (QED) is 0.258. The summed E-state index contributed by atoms with van der Waals surface area (Å²) in [6.45, 7) is 2.27. The van der Waals surface area contributed by atoms with Crippen LogP contribution in [0.25, 0.3) is 27.6 Å². The number of esters is 1. The maximum absolute atomic E-state index is 14.0. The SMILES string of the molecule is COC(=O)Cc1ccc2c(c1)NC(=O)[C@H](C)CCC[C@H](N1CCC(c3c(C#N)ccc4c(N)n[nH]c34)=CC1=O)c1cc-2cc(OC)n1. The van der Waals surface area contributed by atoms with Gasteiger partial charge in [-0.2, -0.15) is 10.4 Å². The number of H-pyrrole nitrogens is 1. The monoisotopic (exact) mass is 633 g/mol. The van der Waals surface area contributed by atoms with E-state index < -0.39 is 6.04 Å². The van der Waals surface area contributed by atoms with E-state index in [0.717, 1.165) is 16.7 Å². The molecule has 4 heterocycles. The predicted octanol–water partition coefficient (Wildman–Crippen LogP) is 4.92. The topological polar surface area (TPSA) is 176 Å². The zero-order valence-electron chi connectivity index (χ0n) is 26.4. The molecule has 2 aromatic carbocycles.